The molecule has 5 heteroatoms. The molecular weight excluding hydrogens is 296 g/mol. The van der Waals surface area contributed by atoms with Crippen LogP contribution in [0.25, 0.3) is 0 Å². The number of rotatable bonds is 2. The van der Waals surface area contributed by atoms with Crippen LogP contribution in [0.5, 0.6) is 0 Å². The van der Waals surface area contributed by atoms with E-state index in [1.807, 2.05) is 12.1 Å². The van der Waals surface area contributed by atoms with Gasteiger partial charge in [0.05, 0.1) is 0 Å². The topological polar surface area (TPSA) is 49.4 Å². The van der Waals surface area contributed by atoms with Crippen molar-refractivity contribution in [2.45, 2.75) is 18.9 Å². The largest absolute Gasteiger partial charge is 0.348 e. The third-order valence-electron chi connectivity index (χ3n) is 3.07. The van der Waals surface area contributed by atoms with E-state index >= 15 is 0 Å². The molecule has 2 amide bonds. The summed E-state index contributed by atoms with van der Waals surface area (Å²) in [6, 6.07) is 7.27. The van der Waals surface area contributed by atoms with Gasteiger partial charge in [-0.05, 0) is 30.7 Å². The zero-order valence-corrected chi connectivity index (χ0v) is 11.7. The van der Waals surface area contributed by atoms with Gasteiger partial charge in [-0.2, -0.15) is 0 Å². The lowest BCUT2D eigenvalue weighted by atomic mass is 10.1. The van der Waals surface area contributed by atoms with E-state index in [2.05, 4.69) is 21.2 Å². The minimum absolute atomic E-state index is 0.0452. The Bertz CT molecular complexity index is 459. The molecule has 1 atom stereocenters. The molecule has 4 nitrogen and oxygen atoms in total. The first-order chi connectivity index (χ1) is 8.56. The Morgan fingerprint density at radius 3 is 2.67 bits per heavy atom. The molecule has 0 spiro atoms. The second-order valence-electron chi connectivity index (χ2n) is 4.49. The van der Waals surface area contributed by atoms with E-state index in [4.69, 9.17) is 0 Å². The van der Waals surface area contributed by atoms with Crippen molar-refractivity contribution in [3.63, 3.8) is 0 Å². The van der Waals surface area contributed by atoms with Crippen molar-refractivity contribution in [2.24, 2.45) is 0 Å². The van der Waals surface area contributed by atoms with Gasteiger partial charge in [0.2, 0.25) is 5.91 Å². The van der Waals surface area contributed by atoms with Gasteiger partial charge in [-0.25, -0.2) is 0 Å². The van der Waals surface area contributed by atoms with Crippen molar-refractivity contribution in [2.75, 3.05) is 13.6 Å². The van der Waals surface area contributed by atoms with E-state index < -0.39 is 0 Å². The van der Waals surface area contributed by atoms with Crippen molar-refractivity contribution in [1.29, 1.82) is 0 Å². The van der Waals surface area contributed by atoms with E-state index in [-0.39, 0.29) is 17.9 Å². The number of carbonyl (C=O) groups excluding carboxylic acids is 2. The van der Waals surface area contributed by atoms with E-state index in [1.165, 1.54) is 0 Å². The second-order valence-corrected chi connectivity index (χ2v) is 5.41. The van der Waals surface area contributed by atoms with Crippen LogP contribution in [0, 0.1) is 0 Å². The molecule has 96 valence electrons. The van der Waals surface area contributed by atoms with Gasteiger partial charge in [0.25, 0.3) is 5.91 Å². The lowest BCUT2D eigenvalue weighted by molar-refractivity contribution is -0.132. The highest BCUT2D eigenvalue weighted by Crippen LogP contribution is 2.13. The second kappa shape index (κ2) is 5.52. The number of nitrogens with zero attached hydrogens (tertiary/aromatic N) is 1. The minimum atomic E-state index is -0.0877. The molecule has 0 bridgehead atoms. The van der Waals surface area contributed by atoms with Crippen molar-refractivity contribution < 1.29 is 9.59 Å². The normalized spacial score (nSPS) is 19.8. The van der Waals surface area contributed by atoms with Crippen LogP contribution in [-0.4, -0.2) is 36.3 Å². The molecule has 1 aromatic carbocycles. The maximum absolute atomic E-state index is 12.0. The number of hydrogen-bond acceptors (Lipinski definition) is 2. The van der Waals surface area contributed by atoms with Gasteiger partial charge in [0, 0.05) is 36.1 Å². The monoisotopic (exact) mass is 310 g/mol. The van der Waals surface area contributed by atoms with Crippen LogP contribution < -0.4 is 5.32 Å². The van der Waals surface area contributed by atoms with Gasteiger partial charge in [-0.1, -0.05) is 15.9 Å². The molecule has 1 fully saturated rings. The number of likely N-dealkylation sites (tertiary alicyclic amines) is 1. The number of amides is 2. The first-order valence-corrected chi connectivity index (χ1v) is 6.66. The Labute approximate surface area is 114 Å². The third-order valence-corrected chi connectivity index (χ3v) is 3.60. The van der Waals surface area contributed by atoms with Gasteiger partial charge in [0.1, 0.15) is 0 Å². The predicted octanol–water partition coefficient (Wildman–Crippen LogP) is 1.80. The highest BCUT2D eigenvalue weighted by Gasteiger charge is 2.24. The smallest absolute Gasteiger partial charge is 0.251 e. The molecule has 1 N–H and O–H groups in total. The van der Waals surface area contributed by atoms with Crippen molar-refractivity contribution in [3.05, 3.63) is 34.3 Å². The van der Waals surface area contributed by atoms with Crippen molar-refractivity contribution >= 4 is 27.7 Å². The molecule has 0 aliphatic carbocycles. The summed E-state index contributed by atoms with van der Waals surface area (Å²) < 4.78 is 0.946. The SMILES string of the molecule is CN1CC(NC(=O)c2ccc(Br)cc2)CCC1=O. The van der Waals surface area contributed by atoms with Gasteiger partial charge in [-0.15, -0.1) is 0 Å². The summed E-state index contributed by atoms with van der Waals surface area (Å²) in [6.07, 6.45) is 1.22. The lowest BCUT2D eigenvalue weighted by Gasteiger charge is -2.30. The maximum atomic E-state index is 12.0. The van der Waals surface area contributed by atoms with Crippen LogP contribution in [0.1, 0.15) is 23.2 Å². The molecule has 1 unspecified atom stereocenters. The van der Waals surface area contributed by atoms with Gasteiger partial charge < -0.3 is 10.2 Å². The average Bonchev–Trinajstić information content (AvgIpc) is 2.34. The predicted molar refractivity (Wildman–Crippen MR) is 72.3 cm³/mol. The van der Waals surface area contributed by atoms with Gasteiger partial charge in [0.15, 0.2) is 0 Å². The number of piperidine rings is 1. The van der Waals surface area contributed by atoms with Crippen LogP contribution in [0.3, 0.4) is 0 Å². The fourth-order valence-corrected chi connectivity index (χ4v) is 2.26. The first kappa shape index (κ1) is 13.1. The van der Waals surface area contributed by atoms with Crippen LogP contribution in [0.4, 0.5) is 0 Å². The molecule has 0 aromatic heterocycles. The summed E-state index contributed by atoms with van der Waals surface area (Å²) in [5, 5.41) is 2.96. The number of hydrogen-bond donors (Lipinski definition) is 1. The Morgan fingerprint density at radius 1 is 1.39 bits per heavy atom. The van der Waals surface area contributed by atoms with Gasteiger partial charge >= 0.3 is 0 Å². The molecule has 18 heavy (non-hydrogen) atoms. The van der Waals surface area contributed by atoms with Crippen LogP contribution in [0.15, 0.2) is 28.7 Å². The van der Waals surface area contributed by atoms with Crippen molar-refractivity contribution in [1.82, 2.24) is 10.2 Å². The number of nitrogens with one attached hydrogen (secondary N) is 1. The summed E-state index contributed by atoms with van der Waals surface area (Å²) in [7, 11) is 1.76. The Morgan fingerprint density at radius 2 is 2.06 bits per heavy atom. The number of benzene rings is 1. The van der Waals surface area contributed by atoms with Crippen LogP contribution in [-0.2, 0) is 4.79 Å². The summed E-state index contributed by atoms with van der Waals surface area (Å²) in [4.78, 5) is 25.0. The van der Waals surface area contributed by atoms with Gasteiger partial charge in [-0.3, -0.25) is 9.59 Å². The molecule has 1 aromatic rings. The lowest BCUT2D eigenvalue weighted by Crippen LogP contribution is -2.48. The van der Waals surface area contributed by atoms with E-state index in [9.17, 15) is 9.59 Å². The van der Waals surface area contributed by atoms with Crippen LogP contribution in [0.2, 0.25) is 0 Å². The Balaban J connectivity index is 1.95. The molecule has 2 rings (SSSR count). The standard InChI is InChI=1S/C13H15BrN2O2/c1-16-8-11(6-7-12(16)17)15-13(18)9-2-4-10(14)5-3-9/h2-5,11H,6-8H2,1H3,(H,15,18). The number of likely N-dealkylation sites (N-methyl/N-ethyl adjacent to an activating group) is 1. The molecule has 0 radical (unpaired) electrons. The van der Waals surface area contributed by atoms with Crippen LogP contribution >= 0.6 is 15.9 Å². The third kappa shape index (κ3) is 3.10. The number of carbonyl (C=O) groups is 2. The van der Waals surface area contributed by atoms with E-state index in [0.29, 0.717) is 24.9 Å². The van der Waals surface area contributed by atoms with E-state index in [1.54, 1.807) is 24.1 Å². The Kier molecular flexibility index (Phi) is 4.01. The summed E-state index contributed by atoms with van der Waals surface area (Å²) in [5.41, 5.74) is 0.637. The van der Waals surface area contributed by atoms with E-state index in [0.717, 1.165) is 4.47 Å². The summed E-state index contributed by atoms with van der Waals surface area (Å²) >= 11 is 3.33. The molecule has 1 aliphatic heterocycles. The zero-order valence-electron chi connectivity index (χ0n) is 10.1. The molecule has 1 aliphatic rings. The molecule has 1 heterocycles. The highest BCUT2D eigenvalue weighted by atomic mass is 79.9. The minimum Gasteiger partial charge on any atom is -0.348 e. The zero-order chi connectivity index (χ0) is 13.1. The fraction of sp³-hybridized carbons (Fsp3) is 0.385. The highest BCUT2D eigenvalue weighted by molar-refractivity contribution is 9.10. The fourth-order valence-electron chi connectivity index (χ4n) is 2.00. The molecule has 1 saturated heterocycles. The first-order valence-electron chi connectivity index (χ1n) is 5.86. The molecular formula is C13H15BrN2O2. The quantitative estimate of drug-likeness (QED) is 0.905. The molecule has 0 saturated carbocycles. The number of halogens is 1. The average molecular weight is 311 g/mol. The van der Waals surface area contributed by atoms with Crippen molar-refractivity contribution in [3.8, 4) is 0 Å². The maximum Gasteiger partial charge on any atom is 0.251 e. The summed E-state index contributed by atoms with van der Waals surface area (Å²) in [5.74, 6) is 0.0550. The Hall–Kier alpha value is -1.36. The summed E-state index contributed by atoms with van der Waals surface area (Å²) in [6.45, 7) is 0.584.